The Bertz CT molecular complexity index is 5250. The normalized spacial score (nSPS) is 22.6. The number of carbonyl (C=O) groups is 7. The molecule has 0 spiro atoms. The quantitative estimate of drug-likeness (QED) is 0.0127. The van der Waals surface area contributed by atoms with Crippen LogP contribution < -0.4 is 9.62 Å². The molecule has 3 heterocycles. The third-order valence-electron chi connectivity index (χ3n) is 25.2. The van der Waals surface area contributed by atoms with Crippen LogP contribution in [0.1, 0.15) is 225 Å². The van der Waals surface area contributed by atoms with Crippen molar-refractivity contribution in [2.24, 2.45) is 52.8 Å². The number of rotatable bonds is 37. The number of aromatic nitrogens is 3. The van der Waals surface area contributed by atoms with E-state index in [1.165, 1.54) is 67.2 Å². The summed E-state index contributed by atoms with van der Waals surface area (Å²) in [5.41, 5.74) is 7.89. The van der Waals surface area contributed by atoms with Gasteiger partial charge in [0.05, 0.1) is 103 Å². The largest absolute Gasteiger partial charge is 0.481 e. The Kier molecular flexibility index (Phi) is 40.7. The first-order valence-corrected chi connectivity index (χ1v) is 48.0. The molecule has 0 radical (unpaired) electrons. The van der Waals surface area contributed by atoms with Crippen LogP contribution in [0.5, 0.6) is 0 Å². The van der Waals surface area contributed by atoms with E-state index in [-0.39, 0.29) is 116 Å². The molecule has 4 aliphatic carbocycles. The number of allylic oxidation sites excluding steroid dienone is 5. The highest BCUT2D eigenvalue weighted by atomic mass is 32.2. The van der Waals surface area contributed by atoms with E-state index in [0.29, 0.717) is 106 Å². The van der Waals surface area contributed by atoms with Crippen molar-refractivity contribution < 1.29 is 121 Å². The zero-order chi connectivity index (χ0) is 98.9. The predicted molar refractivity (Wildman–Crippen MR) is 508 cm³/mol. The molecule has 28 nitrogen and oxygen atoms in total. The molecule has 12 N–H and O–H groups in total. The Morgan fingerprint density at radius 3 is 1.66 bits per heavy atom. The molecule has 1 amide bonds. The van der Waals surface area contributed by atoms with E-state index in [1.54, 1.807) is 30.3 Å². The zero-order valence-corrected chi connectivity index (χ0v) is 79.7. The number of halogens is 2. The maximum Gasteiger partial charge on any atom is 0.311 e. The molecule has 730 valence electrons. The molecule has 6 aromatic rings. The first-order chi connectivity index (χ1) is 63.2. The molecular formula is C103H135F2N5O23S. The molecule has 1 saturated heterocycles. The van der Waals surface area contributed by atoms with E-state index >= 15 is 0 Å². The highest BCUT2D eigenvalue weighted by Gasteiger charge is 2.46. The lowest BCUT2D eigenvalue weighted by molar-refractivity contribution is -0.166. The lowest BCUT2D eigenvalue weighted by atomic mass is 9.65. The van der Waals surface area contributed by atoms with Crippen LogP contribution in [0.3, 0.4) is 0 Å². The Labute approximate surface area is 784 Å². The van der Waals surface area contributed by atoms with Gasteiger partial charge in [-0.3, -0.25) is 33.6 Å². The van der Waals surface area contributed by atoms with Gasteiger partial charge in [-0.2, -0.15) is 0 Å². The number of cyclic esters (lactones) is 1. The van der Waals surface area contributed by atoms with Crippen LogP contribution in [0.25, 0.3) is 45.7 Å². The van der Waals surface area contributed by atoms with Crippen LogP contribution in [-0.2, 0) is 53.0 Å². The fraction of sp³-hybridized carbons (Fsp3) is 0.505. The second-order valence-corrected chi connectivity index (χ2v) is 39.2. The summed E-state index contributed by atoms with van der Waals surface area (Å²) in [5.74, 6) is -4.31. The Morgan fingerprint density at radius 1 is 0.634 bits per heavy atom. The highest BCUT2D eigenvalue weighted by molar-refractivity contribution is 7.92. The van der Waals surface area contributed by atoms with Crippen molar-refractivity contribution in [3.63, 3.8) is 0 Å². The Balaban J connectivity index is 0.000000222. The molecule has 19 atom stereocenters. The van der Waals surface area contributed by atoms with Crippen molar-refractivity contribution in [2.45, 2.75) is 265 Å². The van der Waals surface area contributed by atoms with Gasteiger partial charge in [-0.05, 0) is 191 Å². The number of aliphatic carboxylic acids is 3. The number of nitrogens with zero attached hydrogens (tertiary/aromatic N) is 4. The molecule has 1 aliphatic heterocycles. The third kappa shape index (κ3) is 31.4. The van der Waals surface area contributed by atoms with Gasteiger partial charge in [0.15, 0.2) is 0 Å². The van der Waals surface area contributed by atoms with Crippen LogP contribution in [0.15, 0.2) is 169 Å². The van der Waals surface area contributed by atoms with Crippen LogP contribution in [0.4, 0.5) is 20.4 Å². The van der Waals surface area contributed by atoms with Gasteiger partial charge in [0.2, 0.25) is 16.0 Å². The van der Waals surface area contributed by atoms with Gasteiger partial charge in [0.1, 0.15) is 35.6 Å². The summed E-state index contributed by atoms with van der Waals surface area (Å²) in [5, 5.41) is 110. The summed E-state index contributed by atoms with van der Waals surface area (Å²) in [6, 6.07) is 29.8. The highest BCUT2D eigenvalue weighted by Crippen LogP contribution is 2.49. The van der Waals surface area contributed by atoms with E-state index in [2.05, 4.69) is 60.4 Å². The van der Waals surface area contributed by atoms with E-state index in [4.69, 9.17) is 29.5 Å². The molecule has 2 aromatic heterocycles. The lowest BCUT2D eigenvalue weighted by Crippen LogP contribution is -2.43. The first-order valence-electron chi connectivity index (χ1n) is 46.1. The van der Waals surface area contributed by atoms with Crippen LogP contribution in [0.2, 0.25) is 0 Å². The number of sulfonamides is 1. The number of hydrogen-bond acceptors (Lipinski definition) is 22. The summed E-state index contributed by atoms with van der Waals surface area (Å²) in [4.78, 5) is 92.2. The number of esters is 3. The number of para-hydroxylation sites is 1. The SMILES string of the molecule is CC(C)c1nc(N(C)S(C)(=O)=O)nc(-c2ccc(F)cc2)c1/C=C/[C@@H](O)C[C@@H](O)CC(=O)O.CC(C)n1c(/C=C/[C@@H](O)C[C@@H](O)CC(=O)O)c(-c2ccc(F)cc2)c(-c2ccccc2)c1C(=O)Nc1ccccc1.CCC(C)(C)C(=O)O[C@H]1C[C@@H](C)C=C2C=C[C@H](C)[C@H](CC[C@@H]3C[C@@H](O)CC(=O)O3)[C@H]21.CC[C@H](C)C(=O)O[C@H]1C[C@H](O)C=C2C=C[C@H](C)[C@H](CC[C@@H](O)C[C@@H](O)CC(=O)O)[C@H]21. The Hall–Kier alpha value is -10.7. The molecule has 134 heavy (non-hydrogen) atoms. The molecule has 4 aromatic carbocycles. The fourth-order valence-corrected chi connectivity index (χ4v) is 17.9. The molecular weight excluding hydrogens is 1750 g/mol. The topological polar surface area (TPSA) is 450 Å². The van der Waals surface area contributed by atoms with Gasteiger partial charge in [-0.25, -0.2) is 31.5 Å². The third-order valence-corrected chi connectivity index (χ3v) is 26.4. The van der Waals surface area contributed by atoms with Gasteiger partial charge in [-0.1, -0.05) is 171 Å². The molecule has 31 heteroatoms. The molecule has 1 fully saturated rings. The number of amides is 1. The first kappa shape index (κ1) is 109. The summed E-state index contributed by atoms with van der Waals surface area (Å²) in [7, 11) is -2.33. The average Bonchev–Trinajstić information content (AvgIpc) is 1.57. The monoisotopic (exact) mass is 1880 g/mol. The van der Waals surface area contributed by atoms with Gasteiger partial charge in [-0.15, -0.1) is 0 Å². The van der Waals surface area contributed by atoms with Gasteiger partial charge in [0, 0.05) is 84.2 Å². The predicted octanol–water partition coefficient (Wildman–Crippen LogP) is 15.8. The van der Waals surface area contributed by atoms with E-state index in [9.17, 15) is 91.6 Å². The van der Waals surface area contributed by atoms with Crippen molar-refractivity contribution in [1.82, 2.24) is 14.5 Å². The maximum atomic E-state index is 14.0. The number of carboxylic acids is 3. The number of ether oxygens (including phenoxy) is 3. The van der Waals surface area contributed by atoms with E-state index in [1.807, 2.05) is 128 Å². The Morgan fingerprint density at radius 2 is 1.14 bits per heavy atom. The minimum Gasteiger partial charge on any atom is -0.481 e. The smallest absolute Gasteiger partial charge is 0.311 e. The van der Waals surface area contributed by atoms with Gasteiger partial charge >= 0.3 is 35.8 Å². The number of fused-ring (bicyclic) bond motifs is 2. The van der Waals surface area contributed by atoms with Crippen LogP contribution in [-0.4, -0.2) is 201 Å². The minimum absolute atomic E-state index is 0.0156. The van der Waals surface area contributed by atoms with Crippen molar-refractivity contribution in [3.05, 3.63) is 203 Å². The number of aliphatic hydroxyl groups is 8. The number of carbonyl (C=O) groups excluding carboxylic acids is 4. The fourth-order valence-electron chi connectivity index (χ4n) is 17.5. The molecule has 0 saturated carbocycles. The molecule has 0 unspecified atom stereocenters. The number of carboxylic acid groups (broad SMARTS) is 3. The average molecular weight is 1880 g/mol. The number of aliphatic hydroxyl groups excluding tert-OH is 8. The van der Waals surface area contributed by atoms with Crippen LogP contribution >= 0.6 is 0 Å². The van der Waals surface area contributed by atoms with Crippen molar-refractivity contribution >= 4 is 75.5 Å². The minimum atomic E-state index is -3.65. The zero-order valence-electron chi connectivity index (χ0n) is 78.9. The summed E-state index contributed by atoms with van der Waals surface area (Å²) >= 11 is 0. The second kappa shape index (κ2) is 50.2. The van der Waals surface area contributed by atoms with E-state index in [0.717, 1.165) is 47.4 Å². The number of anilines is 2. The van der Waals surface area contributed by atoms with Crippen molar-refractivity contribution in [1.29, 1.82) is 0 Å². The van der Waals surface area contributed by atoms with Crippen molar-refractivity contribution in [3.8, 4) is 33.5 Å². The standard InChI is InChI=1S/C33H33FN2O5.C25H38O5.C23H36O7.C22H28FN3O6S/c1-21(2)36-28(18-17-26(37)19-27(38)20-29(39)40)30(23-13-15-24(34)16-14-23)31(22-9-5-3-6-10-22)32(36)33(41)35-25-11-7-4-8-12-25;1-6-25(4,5)24(28)30-21-12-15(2)11-17-8-7-16(3)20(23(17)21)10-9-19-13-18(26)14-22(27)29-19;1-4-13(2)23(29)30-20-11-17(25)9-15-6-5-14(3)19(22(15)20)8-7-16(24)10-18(26)12-21(27)28;1-13(2)20-18(10-9-16(27)11-17(28)12-19(29)30)21(14-5-7-15(23)8-6-14)25-22(24-20)26(3)33(4,31)32/h3-18,21,26-27,37-38H,19-20H2,1-2H3,(H,35,41)(H,39,40);7-8,11,15-16,18-21,23,26H,6,9-10,12-14H2,1-5H3;5-6,9,13-14,16-20,22,24-26H,4,7-8,10-12H2,1-3H3,(H,27,28);5-10,13,16-17,27-28H,11-12H2,1-4H3,(H,29,30)/b18-17+;;;10-9+/t26-,27-;15-,16-,18+,19+,20-,21-,23-;13-,14-,16+,17+,18+,19-,20-,22-;16-,17-/m1001/s1. The molecule has 11 rings (SSSR count). The van der Waals surface area contributed by atoms with Crippen LogP contribution in [0, 0.1) is 64.4 Å². The summed E-state index contributed by atoms with van der Waals surface area (Å²) in [6.45, 7) is 23.7. The maximum absolute atomic E-state index is 14.0. The summed E-state index contributed by atoms with van der Waals surface area (Å²) < 4.78 is 71.9. The second-order valence-electron chi connectivity index (χ2n) is 37.2. The lowest BCUT2D eigenvalue weighted by Gasteiger charge is -2.44. The van der Waals surface area contributed by atoms with E-state index < -0.39 is 113 Å². The number of benzene rings is 4. The molecule has 5 aliphatic rings. The molecule has 0 bridgehead atoms. The van der Waals surface area contributed by atoms with Gasteiger partial charge in [0.25, 0.3) is 5.91 Å². The van der Waals surface area contributed by atoms with Gasteiger partial charge < -0.3 is 80.3 Å². The van der Waals surface area contributed by atoms with Crippen molar-refractivity contribution in [2.75, 3.05) is 22.9 Å². The number of nitrogens with one attached hydrogen (secondary N) is 1. The number of hydrogen-bond donors (Lipinski definition) is 12. The summed E-state index contributed by atoms with van der Waals surface area (Å²) in [6.07, 6.45) is 15.2.